The first-order chi connectivity index (χ1) is 10.1. The van der Waals surface area contributed by atoms with Crippen LogP contribution < -0.4 is 0 Å². The van der Waals surface area contributed by atoms with Crippen molar-refractivity contribution in [3.8, 4) is 6.07 Å². The molecule has 2 nitrogen and oxygen atoms in total. The Morgan fingerprint density at radius 3 is 2.29 bits per heavy atom. The van der Waals surface area contributed by atoms with E-state index in [1.165, 1.54) is 12.5 Å². The summed E-state index contributed by atoms with van der Waals surface area (Å²) in [6.07, 6.45) is 6.83. The maximum absolute atomic E-state index is 14.2. The summed E-state index contributed by atoms with van der Waals surface area (Å²) in [5.74, 6) is -0.418. The number of benzene rings is 1. The highest BCUT2D eigenvalue weighted by atomic mass is 19.1. The van der Waals surface area contributed by atoms with E-state index in [-0.39, 0.29) is 5.56 Å². The minimum atomic E-state index is -1.41. The van der Waals surface area contributed by atoms with E-state index in [0.29, 0.717) is 19.3 Å². The van der Waals surface area contributed by atoms with Gasteiger partial charge in [0.25, 0.3) is 0 Å². The molecule has 0 aliphatic heterocycles. The van der Waals surface area contributed by atoms with Crippen LogP contribution in [0.3, 0.4) is 0 Å². The second-order valence-corrected chi connectivity index (χ2v) is 6.16. The fraction of sp³-hybridized carbons (Fsp3) is 0.611. The lowest BCUT2D eigenvalue weighted by atomic mass is 9.62. The van der Waals surface area contributed by atoms with Crippen LogP contribution in [0.4, 0.5) is 4.39 Å². The van der Waals surface area contributed by atoms with Crippen molar-refractivity contribution in [1.29, 1.82) is 5.26 Å². The molecule has 0 radical (unpaired) electrons. The molecule has 1 atom stereocenters. The van der Waals surface area contributed by atoms with E-state index in [0.717, 1.165) is 25.7 Å². The largest absolute Gasteiger partial charge is 0.383 e. The van der Waals surface area contributed by atoms with E-state index >= 15 is 0 Å². The molecule has 114 valence electrons. The van der Waals surface area contributed by atoms with Crippen molar-refractivity contribution in [2.45, 2.75) is 63.9 Å². The van der Waals surface area contributed by atoms with Gasteiger partial charge in [0.05, 0.1) is 11.5 Å². The van der Waals surface area contributed by atoms with Crippen LogP contribution in [0.2, 0.25) is 0 Å². The molecule has 0 heterocycles. The molecule has 0 aromatic heterocycles. The van der Waals surface area contributed by atoms with Gasteiger partial charge < -0.3 is 5.11 Å². The zero-order chi connectivity index (χ0) is 15.3. The maximum Gasteiger partial charge on any atom is 0.129 e. The Bertz CT molecular complexity index is 514. The molecule has 1 aliphatic carbocycles. The molecule has 3 heteroatoms. The topological polar surface area (TPSA) is 44.0 Å². The molecule has 21 heavy (non-hydrogen) atoms. The minimum absolute atomic E-state index is 0.273. The lowest BCUT2D eigenvalue weighted by Crippen LogP contribution is -2.45. The SMILES string of the molecule is CCC(O)(c1ccccc1F)C1(C#N)CCCCCCC1. The molecule has 0 amide bonds. The van der Waals surface area contributed by atoms with Crippen LogP contribution in [-0.2, 0) is 5.60 Å². The van der Waals surface area contributed by atoms with Crippen LogP contribution in [0.5, 0.6) is 0 Å². The first-order valence-corrected chi connectivity index (χ1v) is 7.98. The second-order valence-electron chi connectivity index (χ2n) is 6.16. The number of nitriles is 1. The van der Waals surface area contributed by atoms with Crippen molar-refractivity contribution < 1.29 is 9.50 Å². The highest BCUT2D eigenvalue weighted by Crippen LogP contribution is 2.50. The van der Waals surface area contributed by atoms with Gasteiger partial charge in [-0.05, 0) is 25.3 Å². The Morgan fingerprint density at radius 2 is 1.76 bits per heavy atom. The normalized spacial score (nSPS) is 21.6. The zero-order valence-corrected chi connectivity index (χ0v) is 12.7. The molecule has 1 unspecified atom stereocenters. The molecule has 1 N–H and O–H groups in total. The highest BCUT2D eigenvalue weighted by Gasteiger charge is 2.51. The van der Waals surface area contributed by atoms with Gasteiger partial charge in [-0.15, -0.1) is 0 Å². The molecule has 1 fully saturated rings. The third kappa shape index (κ3) is 2.82. The Hall–Kier alpha value is -1.40. The Kier molecular flexibility index (Phi) is 5.00. The monoisotopic (exact) mass is 289 g/mol. The van der Waals surface area contributed by atoms with Gasteiger partial charge in [-0.25, -0.2) is 4.39 Å². The second kappa shape index (κ2) is 6.58. The molecule has 2 rings (SSSR count). The summed E-state index contributed by atoms with van der Waals surface area (Å²) in [6.45, 7) is 1.84. The predicted molar refractivity (Wildman–Crippen MR) is 81.0 cm³/mol. The van der Waals surface area contributed by atoms with E-state index < -0.39 is 16.8 Å². The van der Waals surface area contributed by atoms with Crippen molar-refractivity contribution >= 4 is 0 Å². The number of hydrogen-bond donors (Lipinski definition) is 1. The van der Waals surface area contributed by atoms with Crippen LogP contribution in [0.15, 0.2) is 24.3 Å². The molecule has 0 bridgehead atoms. The lowest BCUT2D eigenvalue weighted by Gasteiger charge is -2.44. The third-order valence-corrected chi connectivity index (χ3v) is 5.04. The number of nitrogens with zero attached hydrogens (tertiary/aromatic N) is 1. The van der Waals surface area contributed by atoms with E-state index in [1.807, 2.05) is 6.92 Å². The van der Waals surface area contributed by atoms with Crippen molar-refractivity contribution in [3.05, 3.63) is 35.6 Å². The minimum Gasteiger partial charge on any atom is -0.383 e. The van der Waals surface area contributed by atoms with Gasteiger partial charge in [-0.1, -0.05) is 57.2 Å². The molecule has 1 aromatic rings. The Balaban J connectivity index is 2.49. The van der Waals surface area contributed by atoms with Gasteiger partial charge in [-0.2, -0.15) is 5.26 Å². The molecular weight excluding hydrogens is 265 g/mol. The quantitative estimate of drug-likeness (QED) is 0.878. The smallest absolute Gasteiger partial charge is 0.129 e. The van der Waals surface area contributed by atoms with Crippen LogP contribution in [0.25, 0.3) is 0 Å². The highest BCUT2D eigenvalue weighted by molar-refractivity contribution is 5.30. The fourth-order valence-corrected chi connectivity index (χ4v) is 3.71. The molecule has 1 aromatic carbocycles. The van der Waals surface area contributed by atoms with Gasteiger partial charge in [0, 0.05) is 5.56 Å². The Morgan fingerprint density at radius 1 is 1.19 bits per heavy atom. The number of halogens is 1. The first kappa shape index (κ1) is 16.0. The summed E-state index contributed by atoms with van der Waals surface area (Å²) in [4.78, 5) is 0. The summed E-state index contributed by atoms with van der Waals surface area (Å²) in [6, 6.07) is 8.72. The standard InChI is InChI=1S/C18H24FNO/c1-2-18(21,15-10-6-7-11-16(15)19)17(14-20)12-8-4-3-5-9-13-17/h6-7,10-11,21H,2-5,8-9,12-13H2,1H3. The average molecular weight is 289 g/mol. The Labute approximate surface area is 126 Å². The molecule has 1 aliphatic rings. The van der Waals surface area contributed by atoms with Crippen molar-refractivity contribution in [2.75, 3.05) is 0 Å². The summed E-state index contributed by atoms with van der Waals surface area (Å²) < 4.78 is 14.2. The van der Waals surface area contributed by atoms with Gasteiger partial charge in [-0.3, -0.25) is 0 Å². The van der Waals surface area contributed by atoms with Crippen molar-refractivity contribution in [2.24, 2.45) is 5.41 Å². The van der Waals surface area contributed by atoms with Gasteiger partial charge in [0.2, 0.25) is 0 Å². The van der Waals surface area contributed by atoms with E-state index in [1.54, 1.807) is 18.2 Å². The van der Waals surface area contributed by atoms with E-state index in [2.05, 4.69) is 6.07 Å². The molecular formula is C18H24FNO. The van der Waals surface area contributed by atoms with Crippen LogP contribution >= 0.6 is 0 Å². The van der Waals surface area contributed by atoms with Crippen LogP contribution in [-0.4, -0.2) is 5.11 Å². The summed E-state index contributed by atoms with van der Waals surface area (Å²) in [5.41, 5.74) is -2.02. The van der Waals surface area contributed by atoms with Crippen molar-refractivity contribution in [1.82, 2.24) is 0 Å². The van der Waals surface area contributed by atoms with Gasteiger partial charge >= 0.3 is 0 Å². The predicted octanol–water partition coefficient (Wildman–Crippen LogP) is 4.68. The summed E-state index contributed by atoms with van der Waals surface area (Å²) in [7, 11) is 0. The number of aliphatic hydroxyl groups is 1. The average Bonchev–Trinajstić information content (AvgIpc) is 2.47. The lowest BCUT2D eigenvalue weighted by molar-refractivity contribution is -0.0798. The number of rotatable bonds is 3. The molecule has 0 saturated heterocycles. The van der Waals surface area contributed by atoms with E-state index in [4.69, 9.17) is 0 Å². The summed E-state index contributed by atoms with van der Waals surface area (Å²) >= 11 is 0. The van der Waals surface area contributed by atoms with E-state index in [9.17, 15) is 14.8 Å². The first-order valence-electron chi connectivity index (χ1n) is 7.98. The zero-order valence-electron chi connectivity index (χ0n) is 12.7. The number of hydrogen-bond acceptors (Lipinski definition) is 2. The molecule has 1 saturated carbocycles. The van der Waals surface area contributed by atoms with Crippen LogP contribution in [0, 0.1) is 22.6 Å². The van der Waals surface area contributed by atoms with Crippen LogP contribution in [0.1, 0.15) is 63.9 Å². The third-order valence-electron chi connectivity index (χ3n) is 5.04. The maximum atomic E-state index is 14.2. The van der Waals surface area contributed by atoms with Gasteiger partial charge in [0.1, 0.15) is 11.4 Å². The fourth-order valence-electron chi connectivity index (χ4n) is 3.71. The summed E-state index contributed by atoms with van der Waals surface area (Å²) in [5, 5.41) is 21.1. The molecule has 0 spiro atoms. The van der Waals surface area contributed by atoms with Crippen molar-refractivity contribution in [3.63, 3.8) is 0 Å². The van der Waals surface area contributed by atoms with Gasteiger partial charge in [0.15, 0.2) is 0 Å².